The van der Waals surface area contributed by atoms with Gasteiger partial charge in [-0.25, -0.2) is 0 Å². The van der Waals surface area contributed by atoms with E-state index in [9.17, 15) is 9.90 Å². The van der Waals surface area contributed by atoms with Gasteiger partial charge in [-0.2, -0.15) is 0 Å². The van der Waals surface area contributed by atoms with Crippen molar-refractivity contribution in [2.45, 2.75) is 0 Å². The van der Waals surface area contributed by atoms with Crippen LogP contribution in [0.15, 0.2) is 36.4 Å². The van der Waals surface area contributed by atoms with Crippen LogP contribution in [0.1, 0.15) is 15.9 Å². The normalized spacial score (nSPS) is 10.6. The molecule has 0 bridgehead atoms. The summed E-state index contributed by atoms with van der Waals surface area (Å²) in [4.78, 5) is 12.5. The average molecular weight is 344 g/mol. The summed E-state index contributed by atoms with van der Waals surface area (Å²) in [5.41, 5.74) is 0.783. The number of benzene rings is 2. The van der Waals surface area contributed by atoms with E-state index in [1.54, 1.807) is 38.5 Å². The molecule has 0 spiro atoms. The predicted molar refractivity (Wildman–Crippen MR) is 94.1 cm³/mol. The SMILES string of the molecule is COc1cc(C=CC(=O)c2c(O)cc(OC)cc2OC)cc(OC)c1. The number of rotatable bonds is 7. The average Bonchev–Trinajstić information content (AvgIpc) is 2.64. The van der Waals surface area contributed by atoms with Crippen LogP contribution in [0.2, 0.25) is 0 Å². The molecule has 0 aromatic heterocycles. The molecule has 0 radical (unpaired) electrons. The molecule has 1 N–H and O–H groups in total. The standard InChI is InChI=1S/C19H20O6/c1-22-13-7-12(8-14(9-13)23-2)5-6-16(20)19-17(21)10-15(24-3)11-18(19)25-4/h5-11,21H,1-4H3. The van der Waals surface area contributed by atoms with Crippen LogP contribution in [0, 0.1) is 0 Å². The van der Waals surface area contributed by atoms with Gasteiger partial charge in [-0.05, 0) is 23.8 Å². The Balaban J connectivity index is 2.35. The van der Waals surface area contributed by atoms with Gasteiger partial charge in [-0.1, -0.05) is 6.08 Å². The molecule has 0 heterocycles. The third-order valence-electron chi connectivity index (χ3n) is 3.56. The fourth-order valence-corrected chi connectivity index (χ4v) is 2.28. The van der Waals surface area contributed by atoms with Gasteiger partial charge < -0.3 is 24.1 Å². The van der Waals surface area contributed by atoms with Crippen molar-refractivity contribution in [2.75, 3.05) is 28.4 Å². The molecule has 0 fully saturated rings. The number of ether oxygens (including phenoxy) is 4. The molecule has 0 saturated carbocycles. The van der Waals surface area contributed by atoms with E-state index in [2.05, 4.69) is 0 Å². The van der Waals surface area contributed by atoms with E-state index in [0.29, 0.717) is 17.2 Å². The molecule has 0 aliphatic rings. The number of hydrogen-bond donors (Lipinski definition) is 1. The number of ketones is 1. The number of allylic oxidation sites excluding steroid dienone is 1. The summed E-state index contributed by atoms with van der Waals surface area (Å²) in [6.07, 6.45) is 2.95. The van der Waals surface area contributed by atoms with E-state index in [-0.39, 0.29) is 17.1 Å². The number of phenolic OH excluding ortho intramolecular Hbond substituents is 1. The fraction of sp³-hybridized carbons (Fsp3) is 0.211. The second-order valence-corrected chi connectivity index (χ2v) is 5.07. The highest BCUT2D eigenvalue weighted by Gasteiger charge is 2.17. The van der Waals surface area contributed by atoms with Crippen molar-refractivity contribution in [3.05, 3.63) is 47.5 Å². The minimum Gasteiger partial charge on any atom is -0.507 e. The van der Waals surface area contributed by atoms with Gasteiger partial charge in [0.15, 0.2) is 5.78 Å². The van der Waals surface area contributed by atoms with Gasteiger partial charge in [0.25, 0.3) is 0 Å². The van der Waals surface area contributed by atoms with Crippen LogP contribution in [0.25, 0.3) is 6.08 Å². The molecule has 25 heavy (non-hydrogen) atoms. The van der Waals surface area contributed by atoms with Crippen molar-refractivity contribution in [3.8, 4) is 28.7 Å². The van der Waals surface area contributed by atoms with Crippen LogP contribution < -0.4 is 18.9 Å². The van der Waals surface area contributed by atoms with E-state index < -0.39 is 5.78 Å². The van der Waals surface area contributed by atoms with Crippen LogP contribution in [0.3, 0.4) is 0 Å². The highest BCUT2D eigenvalue weighted by molar-refractivity contribution is 6.10. The second kappa shape index (κ2) is 8.10. The Bertz CT molecular complexity index is 772. The Hall–Kier alpha value is -3.15. The van der Waals surface area contributed by atoms with Crippen molar-refractivity contribution >= 4 is 11.9 Å². The molecule has 0 aliphatic heterocycles. The summed E-state index contributed by atoms with van der Waals surface area (Å²) in [5.74, 6) is 1.22. The van der Waals surface area contributed by atoms with E-state index in [1.807, 2.05) is 0 Å². The van der Waals surface area contributed by atoms with E-state index in [0.717, 1.165) is 5.56 Å². The largest absolute Gasteiger partial charge is 0.507 e. The molecular weight excluding hydrogens is 324 g/mol. The molecule has 132 valence electrons. The smallest absolute Gasteiger partial charge is 0.193 e. The minimum atomic E-state index is -0.404. The van der Waals surface area contributed by atoms with Crippen LogP contribution >= 0.6 is 0 Å². The first kappa shape index (κ1) is 18.2. The molecular formula is C19H20O6. The lowest BCUT2D eigenvalue weighted by Crippen LogP contribution is -2.00. The number of carbonyl (C=O) groups excluding carboxylic acids is 1. The number of aromatic hydroxyl groups is 1. The summed E-state index contributed by atoms with van der Waals surface area (Å²) in [7, 11) is 5.98. The molecule has 0 atom stereocenters. The molecule has 2 rings (SSSR count). The van der Waals surface area contributed by atoms with Gasteiger partial charge in [0.05, 0.1) is 28.4 Å². The predicted octanol–water partition coefficient (Wildman–Crippen LogP) is 3.32. The Morgan fingerprint density at radius 1 is 0.840 bits per heavy atom. The molecule has 2 aromatic rings. The van der Waals surface area contributed by atoms with E-state index >= 15 is 0 Å². The summed E-state index contributed by atoms with van der Waals surface area (Å²) in [6.45, 7) is 0. The topological polar surface area (TPSA) is 74.2 Å². The van der Waals surface area contributed by atoms with Crippen molar-refractivity contribution in [1.29, 1.82) is 0 Å². The van der Waals surface area contributed by atoms with Gasteiger partial charge in [0.2, 0.25) is 0 Å². The molecule has 2 aromatic carbocycles. The first-order chi connectivity index (χ1) is 12.0. The Morgan fingerprint density at radius 2 is 1.40 bits per heavy atom. The lowest BCUT2D eigenvalue weighted by molar-refractivity contribution is 0.104. The molecule has 6 heteroatoms. The summed E-state index contributed by atoms with van der Waals surface area (Å²) in [6, 6.07) is 8.15. The number of carbonyl (C=O) groups is 1. The number of methoxy groups -OCH3 is 4. The zero-order valence-corrected chi connectivity index (χ0v) is 14.5. The van der Waals surface area contributed by atoms with E-state index in [1.165, 1.54) is 32.4 Å². The Kier molecular flexibility index (Phi) is 5.89. The Morgan fingerprint density at radius 3 is 1.92 bits per heavy atom. The minimum absolute atomic E-state index is 0.0643. The van der Waals surface area contributed by atoms with Crippen molar-refractivity contribution in [3.63, 3.8) is 0 Å². The number of phenols is 1. The lowest BCUT2D eigenvalue weighted by atomic mass is 10.1. The monoisotopic (exact) mass is 344 g/mol. The second-order valence-electron chi connectivity index (χ2n) is 5.07. The number of hydrogen-bond acceptors (Lipinski definition) is 6. The fourth-order valence-electron chi connectivity index (χ4n) is 2.28. The summed E-state index contributed by atoms with van der Waals surface area (Å²) >= 11 is 0. The van der Waals surface area contributed by atoms with E-state index in [4.69, 9.17) is 18.9 Å². The van der Waals surface area contributed by atoms with Crippen molar-refractivity contribution in [2.24, 2.45) is 0 Å². The zero-order chi connectivity index (χ0) is 18.4. The summed E-state index contributed by atoms with van der Waals surface area (Å²) in [5, 5.41) is 10.1. The van der Waals surface area contributed by atoms with Crippen LogP contribution in [-0.4, -0.2) is 39.3 Å². The van der Waals surface area contributed by atoms with Crippen molar-refractivity contribution < 1.29 is 28.8 Å². The maximum absolute atomic E-state index is 12.5. The molecule has 6 nitrogen and oxygen atoms in total. The first-order valence-corrected chi connectivity index (χ1v) is 7.42. The van der Waals surface area contributed by atoms with Gasteiger partial charge in [-0.15, -0.1) is 0 Å². The molecule has 0 amide bonds. The third-order valence-corrected chi connectivity index (χ3v) is 3.56. The lowest BCUT2D eigenvalue weighted by Gasteiger charge is -2.10. The third kappa shape index (κ3) is 4.23. The molecule has 0 aliphatic carbocycles. The first-order valence-electron chi connectivity index (χ1n) is 7.42. The van der Waals surface area contributed by atoms with Gasteiger partial charge >= 0.3 is 0 Å². The van der Waals surface area contributed by atoms with Crippen LogP contribution in [0.4, 0.5) is 0 Å². The Labute approximate surface area is 146 Å². The highest BCUT2D eigenvalue weighted by Crippen LogP contribution is 2.34. The molecule has 0 saturated heterocycles. The van der Waals surface area contributed by atoms with Crippen molar-refractivity contribution in [1.82, 2.24) is 0 Å². The van der Waals surface area contributed by atoms with Gasteiger partial charge in [0, 0.05) is 18.2 Å². The van der Waals surface area contributed by atoms with Gasteiger partial charge in [-0.3, -0.25) is 4.79 Å². The maximum atomic E-state index is 12.5. The summed E-state index contributed by atoms with van der Waals surface area (Å²) < 4.78 is 20.6. The zero-order valence-electron chi connectivity index (χ0n) is 14.5. The maximum Gasteiger partial charge on any atom is 0.193 e. The highest BCUT2D eigenvalue weighted by atomic mass is 16.5. The van der Waals surface area contributed by atoms with Crippen LogP contribution in [0.5, 0.6) is 28.7 Å². The molecule has 0 unspecified atom stereocenters. The quantitative estimate of drug-likeness (QED) is 0.613. The van der Waals surface area contributed by atoms with Gasteiger partial charge in [0.1, 0.15) is 34.3 Å². The van der Waals surface area contributed by atoms with Crippen LogP contribution in [-0.2, 0) is 0 Å².